The number of rotatable bonds is 3. The highest BCUT2D eigenvalue weighted by atomic mass is 15.1. The van der Waals surface area contributed by atoms with Crippen molar-refractivity contribution < 1.29 is 0 Å². The molecule has 2 aromatic rings. The summed E-state index contributed by atoms with van der Waals surface area (Å²) >= 11 is 0. The molecule has 2 aliphatic carbocycles. The lowest BCUT2D eigenvalue weighted by atomic mass is 10.0. The molecule has 0 N–H and O–H groups in total. The molecule has 1 heterocycles. The molecule has 0 aliphatic heterocycles. The van der Waals surface area contributed by atoms with Crippen LogP contribution in [0.1, 0.15) is 45.2 Å². The van der Waals surface area contributed by atoms with Gasteiger partial charge in [0.15, 0.2) is 0 Å². The number of fused-ring (bicyclic) bond motifs is 1. The predicted octanol–water partition coefficient (Wildman–Crippen LogP) is 5.61. The third-order valence-corrected chi connectivity index (χ3v) is 4.78. The SMILES string of the molecule is CC1=CC=C(C2=CCC(c3ccc4c(c3)ncn4C(C)C)=C2)C1. The van der Waals surface area contributed by atoms with Crippen molar-refractivity contribution >= 4 is 16.6 Å². The lowest BCUT2D eigenvalue weighted by Gasteiger charge is -2.08. The molecule has 2 aliphatic rings. The maximum absolute atomic E-state index is 4.58. The van der Waals surface area contributed by atoms with Gasteiger partial charge >= 0.3 is 0 Å². The van der Waals surface area contributed by atoms with E-state index in [1.807, 2.05) is 6.33 Å². The Morgan fingerprint density at radius 3 is 2.74 bits per heavy atom. The number of nitrogens with zero attached hydrogens (tertiary/aromatic N) is 2. The van der Waals surface area contributed by atoms with Crippen molar-refractivity contribution in [2.45, 2.75) is 39.7 Å². The maximum Gasteiger partial charge on any atom is 0.0960 e. The Morgan fingerprint density at radius 2 is 2.00 bits per heavy atom. The second-order valence-electron chi connectivity index (χ2n) is 6.86. The molecule has 0 bridgehead atoms. The number of allylic oxidation sites excluding steroid dienone is 8. The van der Waals surface area contributed by atoms with Crippen molar-refractivity contribution in [3.05, 3.63) is 71.1 Å². The Balaban J connectivity index is 1.63. The quantitative estimate of drug-likeness (QED) is 0.721. The summed E-state index contributed by atoms with van der Waals surface area (Å²) in [7, 11) is 0. The van der Waals surface area contributed by atoms with Gasteiger partial charge in [0.05, 0.1) is 17.4 Å². The number of imidazole rings is 1. The highest BCUT2D eigenvalue weighted by Crippen LogP contribution is 2.35. The molecule has 0 saturated carbocycles. The van der Waals surface area contributed by atoms with Gasteiger partial charge in [0.2, 0.25) is 0 Å². The molecule has 1 aromatic carbocycles. The van der Waals surface area contributed by atoms with Crippen molar-refractivity contribution in [1.29, 1.82) is 0 Å². The molecule has 0 unspecified atom stereocenters. The normalized spacial score (nSPS) is 17.6. The van der Waals surface area contributed by atoms with Gasteiger partial charge in [-0.1, -0.05) is 35.9 Å². The molecule has 0 atom stereocenters. The first-order valence-corrected chi connectivity index (χ1v) is 8.36. The Morgan fingerprint density at radius 1 is 1.13 bits per heavy atom. The van der Waals surface area contributed by atoms with Gasteiger partial charge in [-0.3, -0.25) is 0 Å². The monoisotopic (exact) mass is 302 g/mol. The van der Waals surface area contributed by atoms with Gasteiger partial charge in [-0.05, 0) is 68.0 Å². The molecule has 0 saturated heterocycles. The van der Waals surface area contributed by atoms with E-state index in [4.69, 9.17) is 0 Å². The first kappa shape index (κ1) is 14.3. The summed E-state index contributed by atoms with van der Waals surface area (Å²) in [5.41, 5.74) is 9.27. The first-order valence-electron chi connectivity index (χ1n) is 8.36. The van der Waals surface area contributed by atoms with Crippen LogP contribution in [0.25, 0.3) is 16.6 Å². The van der Waals surface area contributed by atoms with Crippen LogP contribution < -0.4 is 0 Å². The molecule has 23 heavy (non-hydrogen) atoms. The van der Waals surface area contributed by atoms with Gasteiger partial charge in [0, 0.05) is 6.04 Å². The summed E-state index contributed by atoms with van der Waals surface area (Å²) < 4.78 is 2.23. The third kappa shape index (κ3) is 2.48. The largest absolute Gasteiger partial charge is 0.328 e. The first-order chi connectivity index (χ1) is 11.1. The lowest BCUT2D eigenvalue weighted by Crippen LogP contribution is -1.97. The predicted molar refractivity (Wildman–Crippen MR) is 97.3 cm³/mol. The van der Waals surface area contributed by atoms with E-state index < -0.39 is 0 Å². The summed E-state index contributed by atoms with van der Waals surface area (Å²) in [6.45, 7) is 6.58. The van der Waals surface area contributed by atoms with E-state index in [1.165, 1.54) is 33.4 Å². The fourth-order valence-electron chi connectivity index (χ4n) is 3.45. The van der Waals surface area contributed by atoms with Gasteiger partial charge in [-0.25, -0.2) is 4.98 Å². The molecular formula is C21H22N2. The number of benzene rings is 1. The molecular weight excluding hydrogens is 280 g/mol. The van der Waals surface area contributed by atoms with Crippen LogP contribution in [0.4, 0.5) is 0 Å². The second kappa shape index (κ2) is 5.38. The van der Waals surface area contributed by atoms with Crippen molar-refractivity contribution in [1.82, 2.24) is 9.55 Å². The fraction of sp³-hybridized carbons (Fsp3) is 0.286. The zero-order valence-corrected chi connectivity index (χ0v) is 14.0. The lowest BCUT2D eigenvalue weighted by molar-refractivity contribution is 0.617. The van der Waals surface area contributed by atoms with Crippen LogP contribution in [-0.4, -0.2) is 9.55 Å². The summed E-state index contributed by atoms with van der Waals surface area (Å²) in [6.07, 6.45) is 13.2. The molecule has 2 nitrogen and oxygen atoms in total. The molecule has 116 valence electrons. The smallest absolute Gasteiger partial charge is 0.0960 e. The van der Waals surface area contributed by atoms with Crippen LogP contribution in [-0.2, 0) is 0 Å². The molecule has 1 aromatic heterocycles. The van der Waals surface area contributed by atoms with E-state index in [9.17, 15) is 0 Å². The Hall–Kier alpha value is -2.35. The van der Waals surface area contributed by atoms with E-state index in [0.717, 1.165) is 18.4 Å². The Bertz CT molecular complexity index is 901. The van der Waals surface area contributed by atoms with Crippen molar-refractivity contribution in [3.63, 3.8) is 0 Å². The zero-order chi connectivity index (χ0) is 16.0. The Labute approximate surface area is 137 Å². The van der Waals surface area contributed by atoms with E-state index >= 15 is 0 Å². The number of hydrogen-bond donors (Lipinski definition) is 0. The molecule has 0 spiro atoms. The van der Waals surface area contributed by atoms with Crippen LogP contribution in [0.2, 0.25) is 0 Å². The van der Waals surface area contributed by atoms with Crippen molar-refractivity contribution in [2.75, 3.05) is 0 Å². The van der Waals surface area contributed by atoms with Crippen LogP contribution in [0, 0.1) is 0 Å². The van der Waals surface area contributed by atoms with E-state index in [2.05, 4.69) is 72.8 Å². The minimum absolute atomic E-state index is 0.440. The number of hydrogen-bond acceptors (Lipinski definition) is 1. The zero-order valence-electron chi connectivity index (χ0n) is 14.0. The van der Waals surface area contributed by atoms with Crippen LogP contribution >= 0.6 is 0 Å². The maximum atomic E-state index is 4.58. The van der Waals surface area contributed by atoms with Crippen LogP contribution in [0.3, 0.4) is 0 Å². The van der Waals surface area contributed by atoms with Gasteiger partial charge in [-0.15, -0.1) is 0 Å². The molecule has 0 radical (unpaired) electrons. The van der Waals surface area contributed by atoms with Crippen molar-refractivity contribution in [3.8, 4) is 0 Å². The topological polar surface area (TPSA) is 17.8 Å². The minimum Gasteiger partial charge on any atom is -0.328 e. The van der Waals surface area contributed by atoms with Gasteiger partial charge in [-0.2, -0.15) is 0 Å². The molecule has 0 fully saturated rings. The van der Waals surface area contributed by atoms with Gasteiger partial charge in [0.1, 0.15) is 0 Å². The molecule has 0 amide bonds. The van der Waals surface area contributed by atoms with E-state index in [-0.39, 0.29) is 0 Å². The standard InChI is InChI=1S/C21H22N2/c1-14(2)23-13-22-20-12-19(8-9-21(20)23)18-7-6-17(11-18)16-5-4-15(3)10-16/h4-6,8-9,11-14H,7,10H2,1-3H3. The average molecular weight is 302 g/mol. The average Bonchev–Trinajstić information content (AvgIpc) is 3.24. The third-order valence-electron chi connectivity index (χ3n) is 4.78. The van der Waals surface area contributed by atoms with Gasteiger partial charge in [0.25, 0.3) is 0 Å². The fourth-order valence-corrected chi connectivity index (χ4v) is 3.45. The van der Waals surface area contributed by atoms with E-state index in [0.29, 0.717) is 6.04 Å². The van der Waals surface area contributed by atoms with Crippen LogP contribution in [0.5, 0.6) is 0 Å². The molecule has 4 rings (SSSR count). The number of aromatic nitrogens is 2. The summed E-state index contributed by atoms with van der Waals surface area (Å²) in [5.74, 6) is 0. The summed E-state index contributed by atoms with van der Waals surface area (Å²) in [6, 6.07) is 7.10. The Kier molecular flexibility index (Phi) is 3.33. The highest BCUT2D eigenvalue weighted by Gasteiger charge is 2.15. The van der Waals surface area contributed by atoms with E-state index in [1.54, 1.807) is 0 Å². The molecule has 2 heteroatoms. The summed E-state index contributed by atoms with van der Waals surface area (Å²) in [4.78, 5) is 4.58. The summed E-state index contributed by atoms with van der Waals surface area (Å²) in [5, 5.41) is 0. The van der Waals surface area contributed by atoms with Crippen LogP contribution in [0.15, 0.2) is 65.5 Å². The van der Waals surface area contributed by atoms with Gasteiger partial charge < -0.3 is 4.57 Å². The minimum atomic E-state index is 0.440. The second-order valence-corrected chi connectivity index (χ2v) is 6.86. The highest BCUT2D eigenvalue weighted by molar-refractivity contribution is 5.83. The van der Waals surface area contributed by atoms with Crippen molar-refractivity contribution in [2.24, 2.45) is 0 Å².